The van der Waals surface area contributed by atoms with Crippen LogP contribution in [0.2, 0.25) is 0 Å². The van der Waals surface area contributed by atoms with Gasteiger partial charge in [0.25, 0.3) is 0 Å². The van der Waals surface area contributed by atoms with Crippen LogP contribution in [0.15, 0.2) is 42.9 Å². The molecular weight excluding hydrogens is 515 g/mol. The average Bonchev–Trinajstić information content (AvgIpc) is 3.34. The molecule has 1 amide bonds. The van der Waals surface area contributed by atoms with Gasteiger partial charge >= 0.3 is 6.09 Å². The van der Waals surface area contributed by atoms with Crippen molar-refractivity contribution in [1.82, 2.24) is 29.8 Å². The zero-order valence-corrected chi connectivity index (χ0v) is 23.1. The smallest absolute Gasteiger partial charge is 0.407 e. The number of carbonyl (C=O) groups is 1. The fourth-order valence-corrected chi connectivity index (χ4v) is 4.72. The molecule has 1 aliphatic heterocycles. The lowest BCUT2D eigenvalue weighted by Crippen LogP contribution is -2.59. The Morgan fingerprint density at radius 3 is 2.62 bits per heavy atom. The Kier molecular flexibility index (Phi) is 7.04. The summed E-state index contributed by atoms with van der Waals surface area (Å²) in [6.07, 6.45) is 3.49. The van der Waals surface area contributed by atoms with Gasteiger partial charge in [-0.25, -0.2) is 19.2 Å². The van der Waals surface area contributed by atoms with E-state index in [0.717, 1.165) is 34.6 Å². The van der Waals surface area contributed by atoms with Crippen LogP contribution in [0.3, 0.4) is 0 Å². The monoisotopic (exact) mass is 548 g/mol. The number of halogens is 1. The van der Waals surface area contributed by atoms with Gasteiger partial charge in [-0.1, -0.05) is 20.8 Å². The maximum absolute atomic E-state index is 14.7. The first kappa shape index (κ1) is 26.9. The van der Waals surface area contributed by atoms with Gasteiger partial charge in [0.15, 0.2) is 11.6 Å². The summed E-state index contributed by atoms with van der Waals surface area (Å²) >= 11 is 0. The maximum Gasteiger partial charge on any atom is 0.407 e. The number of aromatic amines is 1. The molecule has 13 heteroatoms. The predicted molar refractivity (Wildman–Crippen MR) is 153 cm³/mol. The minimum atomic E-state index is -0.917. The van der Waals surface area contributed by atoms with E-state index in [1.165, 1.54) is 4.90 Å². The van der Waals surface area contributed by atoms with E-state index in [2.05, 4.69) is 40.5 Å². The number of imidazole rings is 1. The molecule has 210 valence electrons. The van der Waals surface area contributed by atoms with E-state index in [9.17, 15) is 14.3 Å². The first-order valence-electron chi connectivity index (χ1n) is 12.9. The van der Waals surface area contributed by atoms with E-state index in [0.29, 0.717) is 25.3 Å². The van der Waals surface area contributed by atoms with Crippen LogP contribution in [0.1, 0.15) is 20.8 Å². The molecule has 1 saturated heterocycles. The molecule has 1 unspecified atom stereocenters. The molecule has 4 N–H and O–H groups in total. The third-order valence-corrected chi connectivity index (χ3v) is 6.87. The number of piperazine rings is 1. The standard InChI is InChI=1S/C27H33FN10O2/c1-27(2,3)22-15-37(8-9-38(22)26(39)40)18-10-17(12-29-13-18)31-23-19(28)14-30-24(35-23)32-16-6-7-20-21(11-16)34-25(33-20)36(4)5/h6-7,10-14,22H,8-9,15H2,1-5H3,(H,33,34)(H,39,40)(H2,30,31,32,35). The van der Waals surface area contributed by atoms with Crippen molar-refractivity contribution >= 4 is 51.9 Å². The van der Waals surface area contributed by atoms with Crippen molar-refractivity contribution < 1.29 is 14.3 Å². The third-order valence-electron chi connectivity index (χ3n) is 6.87. The first-order chi connectivity index (χ1) is 19.0. The second-order valence-corrected chi connectivity index (χ2v) is 11.1. The zero-order valence-electron chi connectivity index (χ0n) is 23.1. The molecule has 0 saturated carbocycles. The van der Waals surface area contributed by atoms with Crippen molar-refractivity contribution in [3.8, 4) is 0 Å². The van der Waals surface area contributed by atoms with Crippen LogP contribution < -0.4 is 20.4 Å². The third kappa shape index (κ3) is 5.67. The van der Waals surface area contributed by atoms with Gasteiger partial charge in [-0.05, 0) is 29.7 Å². The molecule has 5 rings (SSSR count). The summed E-state index contributed by atoms with van der Waals surface area (Å²) < 4.78 is 14.7. The molecule has 0 bridgehead atoms. The summed E-state index contributed by atoms with van der Waals surface area (Å²) in [5.41, 5.74) is 3.49. The predicted octanol–water partition coefficient (Wildman–Crippen LogP) is 4.65. The van der Waals surface area contributed by atoms with Crippen molar-refractivity contribution in [2.45, 2.75) is 26.8 Å². The topological polar surface area (TPSA) is 138 Å². The molecule has 40 heavy (non-hydrogen) atoms. The number of nitrogens with one attached hydrogen (secondary N) is 3. The number of carboxylic acid groups (broad SMARTS) is 1. The van der Waals surface area contributed by atoms with Crippen LogP contribution in [0, 0.1) is 11.2 Å². The Balaban J connectivity index is 1.33. The minimum Gasteiger partial charge on any atom is -0.465 e. The second kappa shape index (κ2) is 10.5. The summed E-state index contributed by atoms with van der Waals surface area (Å²) in [7, 11) is 3.82. The fraction of sp³-hybridized carbons (Fsp3) is 0.370. The number of fused-ring (bicyclic) bond motifs is 1. The largest absolute Gasteiger partial charge is 0.465 e. The van der Waals surface area contributed by atoms with Crippen molar-refractivity contribution in [3.63, 3.8) is 0 Å². The lowest BCUT2D eigenvalue weighted by molar-refractivity contribution is 0.0748. The van der Waals surface area contributed by atoms with Crippen LogP contribution in [-0.2, 0) is 0 Å². The van der Waals surface area contributed by atoms with E-state index in [-0.39, 0.29) is 23.2 Å². The van der Waals surface area contributed by atoms with Gasteiger partial charge in [0.05, 0.1) is 47.0 Å². The van der Waals surface area contributed by atoms with Crippen molar-refractivity contribution in [3.05, 3.63) is 48.7 Å². The molecule has 0 radical (unpaired) electrons. The molecule has 1 atom stereocenters. The first-order valence-corrected chi connectivity index (χ1v) is 12.9. The quantitative estimate of drug-likeness (QED) is 0.269. The van der Waals surface area contributed by atoms with Crippen LogP contribution in [-0.4, -0.2) is 80.8 Å². The van der Waals surface area contributed by atoms with Crippen molar-refractivity contribution in [2.24, 2.45) is 5.41 Å². The molecule has 3 aromatic heterocycles. The molecule has 4 heterocycles. The maximum atomic E-state index is 14.7. The van der Waals surface area contributed by atoms with E-state index >= 15 is 0 Å². The molecule has 0 aliphatic carbocycles. The number of amides is 1. The number of rotatable bonds is 6. The molecule has 1 aromatic carbocycles. The van der Waals surface area contributed by atoms with E-state index in [4.69, 9.17) is 0 Å². The lowest BCUT2D eigenvalue weighted by atomic mass is 9.84. The lowest BCUT2D eigenvalue weighted by Gasteiger charge is -2.46. The molecule has 4 aromatic rings. The summed E-state index contributed by atoms with van der Waals surface area (Å²) in [6, 6.07) is 7.27. The Hall–Kier alpha value is -4.68. The van der Waals surface area contributed by atoms with Crippen LogP contribution >= 0.6 is 0 Å². The number of H-pyrrole nitrogens is 1. The minimum absolute atomic E-state index is 0.00257. The molecule has 1 fully saturated rings. The molecule has 12 nitrogen and oxygen atoms in total. The molecule has 0 spiro atoms. The van der Waals surface area contributed by atoms with Gasteiger partial charge in [-0.15, -0.1) is 0 Å². The fourth-order valence-electron chi connectivity index (χ4n) is 4.72. The van der Waals surface area contributed by atoms with Crippen LogP contribution in [0.5, 0.6) is 0 Å². The highest BCUT2D eigenvalue weighted by molar-refractivity contribution is 5.82. The number of hydrogen-bond acceptors (Lipinski definition) is 9. The summed E-state index contributed by atoms with van der Waals surface area (Å²) in [5.74, 6) is 0.346. The van der Waals surface area contributed by atoms with E-state index < -0.39 is 11.9 Å². The Morgan fingerprint density at radius 1 is 1.10 bits per heavy atom. The normalized spacial score (nSPS) is 15.8. The second-order valence-electron chi connectivity index (χ2n) is 11.1. The van der Waals surface area contributed by atoms with Crippen LogP contribution in [0.4, 0.5) is 44.0 Å². The van der Waals surface area contributed by atoms with Crippen LogP contribution in [0.25, 0.3) is 11.0 Å². The average molecular weight is 549 g/mol. The number of anilines is 6. The highest BCUT2D eigenvalue weighted by Crippen LogP contribution is 2.31. The van der Waals surface area contributed by atoms with Gasteiger partial charge in [0, 0.05) is 39.4 Å². The number of benzene rings is 1. The summed E-state index contributed by atoms with van der Waals surface area (Å²) in [4.78, 5) is 37.8. The number of hydrogen-bond donors (Lipinski definition) is 4. The van der Waals surface area contributed by atoms with E-state index in [1.807, 2.05) is 64.0 Å². The van der Waals surface area contributed by atoms with Gasteiger partial charge < -0.3 is 35.4 Å². The van der Waals surface area contributed by atoms with Gasteiger partial charge in [0.2, 0.25) is 11.9 Å². The van der Waals surface area contributed by atoms with Gasteiger partial charge in [-0.2, -0.15) is 4.98 Å². The van der Waals surface area contributed by atoms with Gasteiger partial charge in [-0.3, -0.25) is 4.98 Å². The van der Waals surface area contributed by atoms with E-state index in [1.54, 1.807) is 12.4 Å². The number of pyridine rings is 1. The Bertz CT molecular complexity index is 1530. The molecule has 1 aliphatic rings. The Labute approximate surface area is 231 Å². The Morgan fingerprint density at radius 2 is 1.90 bits per heavy atom. The van der Waals surface area contributed by atoms with Crippen molar-refractivity contribution in [2.75, 3.05) is 54.2 Å². The highest BCUT2D eigenvalue weighted by Gasteiger charge is 2.38. The summed E-state index contributed by atoms with van der Waals surface area (Å²) in [6.45, 7) is 7.52. The number of nitrogens with zero attached hydrogens (tertiary/aromatic N) is 7. The summed E-state index contributed by atoms with van der Waals surface area (Å²) in [5, 5.41) is 15.8. The zero-order chi connectivity index (χ0) is 28.6. The highest BCUT2D eigenvalue weighted by atomic mass is 19.1. The van der Waals surface area contributed by atoms with Crippen molar-refractivity contribution in [1.29, 1.82) is 0 Å². The molecular formula is C27H33FN10O2. The van der Waals surface area contributed by atoms with Gasteiger partial charge in [0.1, 0.15) is 0 Å². The number of aromatic nitrogens is 5. The SMILES string of the molecule is CN(C)c1nc2ccc(Nc3ncc(F)c(Nc4cncc(N5CCN(C(=O)O)C(C(C)(C)C)C5)c4)n3)cc2[nH]1.